The van der Waals surface area contributed by atoms with Gasteiger partial charge < -0.3 is 15.2 Å². The first-order valence-electron chi connectivity index (χ1n) is 4.17. The van der Waals surface area contributed by atoms with E-state index in [1.54, 1.807) is 6.92 Å². The summed E-state index contributed by atoms with van der Waals surface area (Å²) in [5.41, 5.74) is 5.29. The van der Waals surface area contributed by atoms with Crippen molar-refractivity contribution in [3.05, 3.63) is 0 Å². The normalized spacial score (nSPS) is 10.4. The van der Waals surface area contributed by atoms with Crippen LogP contribution in [0.1, 0.15) is 6.92 Å². The fraction of sp³-hybridized carbons (Fsp3) is 0.571. The lowest BCUT2D eigenvalue weighted by Crippen LogP contribution is -2.11. The molecule has 0 aliphatic carbocycles. The highest BCUT2D eigenvalue weighted by Crippen LogP contribution is 2.11. The van der Waals surface area contributed by atoms with Crippen LogP contribution in [-0.2, 0) is 0 Å². The molecule has 2 N–H and O–H groups in total. The lowest BCUT2D eigenvalue weighted by molar-refractivity contribution is 0.0763. The number of halogens is 2. The monoisotopic (exact) mass is 220 g/mol. The minimum absolute atomic E-state index is 0.0470. The zero-order valence-electron chi connectivity index (χ0n) is 7.98. The maximum Gasteiger partial charge on any atom is 0.324 e. The quantitative estimate of drug-likeness (QED) is 0.777. The number of rotatable bonds is 5. The van der Waals surface area contributed by atoms with E-state index in [0.29, 0.717) is 6.61 Å². The molecule has 1 heterocycles. The Balaban J connectivity index is 2.70. The van der Waals surface area contributed by atoms with Crippen LogP contribution in [0.4, 0.5) is 14.7 Å². The van der Waals surface area contributed by atoms with E-state index >= 15 is 0 Å². The molecule has 0 unspecified atom stereocenters. The van der Waals surface area contributed by atoms with Crippen LogP contribution in [0.25, 0.3) is 0 Å². The van der Waals surface area contributed by atoms with Crippen LogP contribution in [0.3, 0.4) is 0 Å². The van der Waals surface area contributed by atoms with Gasteiger partial charge in [0.05, 0.1) is 6.61 Å². The number of nitrogens with zero attached hydrogens (tertiary/aromatic N) is 3. The summed E-state index contributed by atoms with van der Waals surface area (Å²) in [7, 11) is 0. The highest BCUT2D eigenvalue weighted by Gasteiger charge is 2.09. The van der Waals surface area contributed by atoms with E-state index in [2.05, 4.69) is 19.7 Å². The summed E-state index contributed by atoms with van der Waals surface area (Å²) in [6.45, 7) is 1.26. The minimum Gasteiger partial charge on any atom is -0.464 e. The van der Waals surface area contributed by atoms with E-state index in [-0.39, 0.29) is 18.0 Å². The minimum atomic E-state index is -2.60. The smallest absolute Gasteiger partial charge is 0.324 e. The van der Waals surface area contributed by atoms with E-state index < -0.39 is 13.0 Å². The number of nitrogen functional groups attached to an aromatic ring is 1. The molecule has 0 aliphatic rings. The number of hydrogen-bond donors (Lipinski definition) is 1. The molecule has 8 heteroatoms. The van der Waals surface area contributed by atoms with E-state index in [1.165, 1.54) is 0 Å². The number of aromatic nitrogens is 3. The van der Waals surface area contributed by atoms with Crippen molar-refractivity contribution in [2.24, 2.45) is 0 Å². The van der Waals surface area contributed by atoms with E-state index in [9.17, 15) is 8.78 Å². The van der Waals surface area contributed by atoms with Crippen LogP contribution in [-0.4, -0.2) is 34.6 Å². The summed E-state index contributed by atoms with van der Waals surface area (Å²) >= 11 is 0. The topological polar surface area (TPSA) is 83.2 Å². The Labute approximate surface area is 84.4 Å². The SMILES string of the molecule is CCOc1nc(N)nc(OCC(F)F)n1. The van der Waals surface area contributed by atoms with Crippen LogP contribution in [0.15, 0.2) is 0 Å². The van der Waals surface area contributed by atoms with Crippen molar-refractivity contribution in [2.45, 2.75) is 13.3 Å². The molecule has 0 saturated heterocycles. The third kappa shape index (κ3) is 3.88. The summed E-state index contributed by atoms with van der Waals surface area (Å²) in [6.07, 6.45) is -2.60. The van der Waals surface area contributed by atoms with Gasteiger partial charge in [-0.05, 0) is 6.92 Å². The first-order valence-corrected chi connectivity index (χ1v) is 4.17. The molecule has 1 aromatic heterocycles. The summed E-state index contributed by atoms with van der Waals surface area (Å²) in [5.74, 6) is -0.141. The van der Waals surface area contributed by atoms with Crippen molar-refractivity contribution in [2.75, 3.05) is 18.9 Å². The Kier molecular flexibility index (Phi) is 3.95. The van der Waals surface area contributed by atoms with Crippen molar-refractivity contribution in [1.29, 1.82) is 0 Å². The number of hydrogen-bond acceptors (Lipinski definition) is 6. The average Bonchev–Trinajstić information content (AvgIpc) is 2.14. The lowest BCUT2D eigenvalue weighted by atomic mass is 10.8. The number of anilines is 1. The van der Waals surface area contributed by atoms with Gasteiger partial charge in [0.25, 0.3) is 6.43 Å². The summed E-state index contributed by atoms with van der Waals surface area (Å²) in [6, 6.07) is -0.319. The number of nitrogens with two attached hydrogens (primary N) is 1. The Bertz CT molecular complexity index is 324. The third-order valence-corrected chi connectivity index (χ3v) is 1.22. The number of alkyl halides is 2. The molecule has 0 amide bonds. The van der Waals surface area contributed by atoms with E-state index in [4.69, 9.17) is 10.5 Å². The van der Waals surface area contributed by atoms with Gasteiger partial charge in [0.2, 0.25) is 5.95 Å². The molecule has 0 atom stereocenters. The van der Waals surface area contributed by atoms with Gasteiger partial charge in [-0.3, -0.25) is 0 Å². The lowest BCUT2D eigenvalue weighted by Gasteiger charge is -2.05. The van der Waals surface area contributed by atoms with E-state index in [1.807, 2.05) is 0 Å². The molecule has 0 radical (unpaired) electrons. The van der Waals surface area contributed by atoms with Crippen LogP contribution >= 0.6 is 0 Å². The zero-order chi connectivity index (χ0) is 11.3. The predicted molar refractivity (Wildman–Crippen MR) is 46.9 cm³/mol. The molecule has 0 aromatic carbocycles. The molecule has 1 rings (SSSR count). The second-order valence-electron chi connectivity index (χ2n) is 2.39. The van der Waals surface area contributed by atoms with Gasteiger partial charge in [-0.1, -0.05) is 0 Å². The highest BCUT2D eigenvalue weighted by atomic mass is 19.3. The molecule has 84 valence electrons. The van der Waals surface area contributed by atoms with Gasteiger partial charge >= 0.3 is 12.0 Å². The Morgan fingerprint density at radius 3 is 2.33 bits per heavy atom. The van der Waals surface area contributed by atoms with Crippen molar-refractivity contribution in [3.8, 4) is 12.0 Å². The maximum atomic E-state index is 11.8. The van der Waals surface area contributed by atoms with Crippen molar-refractivity contribution >= 4 is 5.95 Å². The van der Waals surface area contributed by atoms with Crippen LogP contribution in [0.2, 0.25) is 0 Å². The third-order valence-electron chi connectivity index (χ3n) is 1.22. The molecular formula is C7H10F2N4O2. The second kappa shape index (κ2) is 5.23. The summed E-state index contributed by atoms with van der Waals surface area (Å²) < 4.78 is 33.1. The summed E-state index contributed by atoms with van der Waals surface area (Å²) in [4.78, 5) is 10.7. The van der Waals surface area contributed by atoms with Crippen molar-refractivity contribution in [1.82, 2.24) is 15.0 Å². The molecule has 0 fully saturated rings. The second-order valence-corrected chi connectivity index (χ2v) is 2.39. The average molecular weight is 220 g/mol. The van der Waals surface area contributed by atoms with Gasteiger partial charge in [-0.15, -0.1) is 4.98 Å². The first kappa shape index (κ1) is 11.3. The van der Waals surface area contributed by atoms with E-state index in [0.717, 1.165) is 0 Å². The van der Waals surface area contributed by atoms with Gasteiger partial charge in [-0.25, -0.2) is 8.78 Å². The zero-order valence-corrected chi connectivity index (χ0v) is 7.98. The molecule has 15 heavy (non-hydrogen) atoms. The molecular weight excluding hydrogens is 210 g/mol. The molecule has 0 aliphatic heterocycles. The van der Waals surface area contributed by atoms with Crippen molar-refractivity contribution < 1.29 is 18.3 Å². The Morgan fingerprint density at radius 2 is 1.80 bits per heavy atom. The molecule has 0 saturated carbocycles. The molecule has 0 bridgehead atoms. The first-order chi connectivity index (χ1) is 7.11. The fourth-order valence-corrected chi connectivity index (χ4v) is 0.749. The molecule has 1 aromatic rings. The van der Waals surface area contributed by atoms with Crippen LogP contribution in [0, 0.1) is 0 Å². The van der Waals surface area contributed by atoms with Gasteiger partial charge in [0, 0.05) is 0 Å². The Morgan fingerprint density at radius 1 is 1.20 bits per heavy atom. The van der Waals surface area contributed by atoms with Crippen molar-refractivity contribution in [3.63, 3.8) is 0 Å². The van der Waals surface area contributed by atoms with Gasteiger partial charge in [0.1, 0.15) is 0 Å². The largest absolute Gasteiger partial charge is 0.464 e. The maximum absolute atomic E-state index is 11.8. The van der Waals surface area contributed by atoms with Gasteiger partial charge in [-0.2, -0.15) is 9.97 Å². The Hall–Kier alpha value is -1.73. The highest BCUT2D eigenvalue weighted by molar-refractivity contribution is 5.20. The fourth-order valence-electron chi connectivity index (χ4n) is 0.749. The number of ether oxygens (including phenoxy) is 2. The van der Waals surface area contributed by atoms with Crippen LogP contribution < -0.4 is 15.2 Å². The molecule has 6 nitrogen and oxygen atoms in total. The van der Waals surface area contributed by atoms with Gasteiger partial charge in [0.15, 0.2) is 6.61 Å². The predicted octanol–water partition coefficient (Wildman–Crippen LogP) is 0.496. The van der Waals surface area contributed by atoms with Crippen LogP contribution in [0.5, 0.6) is 12.0 Å². The standard InChI is InChI=1S/C7H10F2N4O2/c1-2-14-6-11-5(10)12-7(13-6)15-3-4(8)9/h4H,2-3H2,1H3,(H2,10,11,12,13). The summed E-state index contributed by atoms with van der Waals surface area (Å²) in [5, 5.41) is 0. The molecule has 0 spiro atoms.